The van der Waals surface area contributed by atoms with Crippen LogP contribution in [-0.2, 0) is 16.6 Å². The minimum absolute atomic E-state index is 0.00414. The molecule has 0 bridgehead atoms. The molecule has 8 heteroatoms. The number of fused-ring (bicyclic) bond motifs is 1. The molecule has 0 aliphatic carbocycles. The zero-order valence-corrected chi connectivity index (χ0v) is 14.7. The Hall–Kier alpha value is -2.48. The largest absolute Gasteiger partial charge is 0.479 e. The Balaban J connectivity index is 1.42. The number of likely N-dealkylation sites (tertiary alicyclic amines) is 1. The number of carboxylic acids is 1. The van der Waals surface area contributed by atoms with Crippen LogP contribution in [0.25, 0.3) is 11.0 Å². The van der Waals surface area contributed by atoms with Gasteiger partial charge in [-0.3, -0.25) is 9.78 Å². The number of ether oxygens (including phenoxy) is 1. The maximum atomic E-state index is 13.0. The average molecular weight is 358 g/mol. The molecule has 4 heterocycles. The first-order valence-corrected chi connectivity index (χ1v) is 8.97. The van der Waals surface area contributed by atoms with Gasteiger partial charge in [0.15, 0.2) is 6.10 Å². The summed E-state index contributed by atoms with van der Waals surface area (Å²) in [6.07, 6.45) is 7.30. The monoisotopic (exact) mass is 358 g/mol. The van der Waals surface area contributed by atoms with Crippen LogP contribution >= 0.6 is 0 Å². The number of carbonyl (C=O) groups excluding carboxylic acids is 1. The molecule has 2 fully saturated rings. The number of aryl methyl sites for hydroxylation is 1. The van der Waals surface area contributed by atoms with Gasteiger partial charge in [0, 0.05) is 26.3 Å². The summed E-state index contributed by atoms with van der Waals surface area (Å²) in [5.74, 6) is -0.591. The number of nitrogens with zero attached hydrogens (tertiary/aromatic N) is 4. The smallest absolute Gasteiger partial charge is 0.332 e. The molecule has 2 aromatic heterocycles. The molecule has 0 unspecified atom stereocenters. The van der Waals surface area contributed by atoms with E-state index >= 15 is 0 Å². The van der Waals surface area contributed by atoms with Gasteiger partial charge in [-0.05, 0) is 31.6 Å². The Morgan fingerprint density at radius 2 is 1.96 bits per heavy atom. The van der Waals surface area contributed by atoms with Crippen molar-refractivity contribution in [3.63, 3.8) is 0 Å². The number of carboxylic acid groups (broad SMARTS) is 1. The highest BCUT2D eigenvalue weighted by Crippen LogP contribution is 2.32. The molecule has 2 aliphatic heterocycles. The third-order valence-corrected chi connectivity index (χ3v) is 5.53. The fraction of sp³-hybridized carbons (Fsp3) is 0.556. The Labute approximate surface area is 150 Å². The Kier molecular flexibility index (Phi) is 4.36. The second kappa shape index (κ2) is 6.68. The molecular weight excluding hydrogens is 336 g/mol. The number of carbonyl (C=O) groups is 2. The van der Waals surface area contributed by atoms with Crippen LogP contribution in [0.1, 0.15) is 36.0 Å². The van der Waals surface area contributed by atoms with Gasteiger partial charge in [0.2, 0.25) is 0 Å². The van der Waals surface area contributed by atoms with Gasteiger partial charge in [0.25, 0.3) is 5.91 Å². The summed E-state index contributed by atoms with van der Waals surface area (Å²) in [5, 5.41) is 9.07. The number of aliphatic carboxylic acids is 1. The lowest BCUT2D eigenvalue weighted by Crippen LogP contribution is -2.41. The third-order valence-electron chi connectivity index (χ3n) is 5.53. The van der Waals surface area contributed by atoms with E-state index in [9.17, 15) is 9.59 Å². The maximum absolute atomic E-state index is 13.0. The van der Waals surface area contributed by atoms with Gasteiger partial charge >= 0.3 is 5.97 Å². The van der Waals surface area contributed by atoms with Crippen molar-refractivity contribution in [3.8, 4) is 0 Å². The number of imidazole rings is 1. The fourth-order valence-corrected chi connectivity index (χ4v) is 4.11. The normalized spacial score (nSPS) is 24.3. The molecule has 2 atom stereocenters. The van der Waals surface area contributed by atoms with Crippen LogP contribution in [0.5, 0.6) is 0 Å². The van der Waals surface area contributed by atoms with Gasteiger partial charge in [0.05, 0.1) is 29.7 Å². The second-order valence-corrected chi connectivity index (χ2v) is 7.12. The maximum Gasteiger partial charge on any atom is 0.332 e. The first-order valence-electron chi connectivity index (χ1n) is 8.97. The van der Waals surface area contributed by atoms with Crippen LogP contribution in [0.3, 0.4) is 0 Å². The second-order valence-electron chi connectivity index (χ2n) is 7.12. The zero-order valence-electron chi connectivity index (χ0n) is 14.7. The van der Waals surface area contributed by atoms with Crippen LogP contribution in [0.4, 0.5) is 0 Å². The van der Waals surface area contributed by atoms with Crippen LogP contribution in [0.15, 0.2) is 18.7 Å². The van der Waals surface area contributed by atoms with Gasteiger partial charge < -0.3 is 19.3 Å². The van der Waals surface area contributed by atoms with Crippen molar-refractivity contribution in [2.24, 2.45) is 13.0 Å². The van der Waals surface area contributed by atoms with Crippen LogP contribution in [-0.4, -0.2) is 61.7 Å². The molecule has 0 spiro atoms. The summed E-state index contributed by atoms with van der Waals surface area (Å²) in [6, 6.07) is 0. The summed E-state index contributed by atoms with van der Waals surface area (Å²) in [5.41, 5.74) is 2.09. The number of piperidine rings is 1. The summed E-state index contributed by atoms with van der Waals surface area (Å²) < 4.78 is 7.52. The van der Waals surface area contributed by atoms with Gasteiger partial charge in [0.1, 0.15) is 5.52 Å². The van der Waals surface area contributed by atoms with E-state index in [0.29, 0.717) is 36.5 Å². The van der Waals surface area contributed by atoms with Crippen molar-refractivity contribution in [1.82, 2.24) is 19.4 Å². The van der Waals surface area contributed by atoms with Crippen molar-refractivity contribution in [2.75, 3.05) is 13.1 Å². The first kappa shape index (κ1) is 17.0. The molecule has 1 N–H and O–H groups in total. The highest BCUT2D eigenvalue weighted by atomic mass is 16.5. The number of pyridine rings is 1. The molecule has 26 heavy (non-hydrogen) atoms. The van der Waals surface area contributed by atoms with Gasteiger partial charge in [-0.1, -0.05) is 0 Å². The van der Waals surface area contributed by atoms with Crippen molar-refractivity contribution in [3.05, 3.63) is 24.3 Å². The number of amides is 1. The molecule has 0 saturated carbocycles. The lowest BCUT2D eigenvalue weighted by atomic mass is 9.89. The molecule has 1 amide bonds. The van der Waals surface area contributed by atoms with Gasteiger partial charge in [-0.2, -0.15) is 0 Å². The van der Waals surface area contributed by atoms with Crippen LogP contribution in [0.2, 0.25) is 0 Å². The van der Waals surface area contributed by atoms with E-state index < -0.39 is 12.1 Å². The molecule has 0 aromatic carbocycles. The summed E-state index contributed by atoms with van der Waals surface area (Å²) in [4.78, 5) is 34.3. The lowest BCUT2D eigenvalue weighted by Gasteiger charge is -2.34. The summed E-state index contributed by atoms with van der Waals surface area (Å²) in [7, 11) is 1.87. The van der Waals surface area contributed by atoms with Gasteiger partial charge in [-0.25, -0.2) is 9.78 Å². The molecule has 2 aliphatic rings. The van der Waals surface area contributed by atoms with E-state index in [2.05, 4.69) is 9.97 Å². The van der Waals surface area contributed by atoms with Crippen molar-refractivity contribution < 1.29 is 19.4 Å². The van der Waals surface area contributed by atoms with Gasteiger partial charge in [-0.15, -0.1) is 0 Å². The van der Waals surface area contributed by atoms with E-state index in [1.165, 1.54) is 0 Å². The predicted octanol–water partition coefficient (Wildman–Crippen LogP) is 1.45. The summed E-state index contributed by atoms with van der Waals surface area (Å²) >= 11 is 0. The molecule has 8 nitrogen and oxygen atoms in total. The Morgan fingerprint density at radius 3 is 2.65 bits per heavy atom. The molecular formula is C18H22N4O4. The van der Waals surface area contributed by atoms with E-state index in [1.807, 2.05) is 16.5 Å². The van der Waals surface area contributed by atoms with E-state index in [4.69, 9.17) is 9.84 Å². The quantitative estimate of drug-likeness (QED) is 0.892. The van der Waals surface area contributed by atoms with Crippen molar-refractivity contribution in [2.45, 2.75) is 37.9 Å². The fourth-order valence-electron chi connectivity index (χ4n) is 4.11. The van der Waals surface area contributed by atoms with E-state index in [0.717, 1.165) is 24.8 Å². The van der Waals surface area contributed by atoms with Crippen molar-refractivity contribution >= 4 is 22.9 Å². The standard InChI is InChI=1S/C18H22N4O4/c1-21-10-20-13-9-19-8-12(16(13)21)17(23)22-6-4-11(5-7-22)14-2-3-15(26-14)18(24)25/h8-11,14-15H,2-7H2,1H3,(H,24,25)/t14-,15+/m0/s1. The van der Waals surface area contributed by atoms with Crippen LogP contribution < -0.4 is 0 Å². The SMILES string of the molecule is Cn1cnc2cncc(C(=O)N3CCC([C@@H]4CC[C@H](C(=O)O)O4)CC3)c21. The topological polar surface area (TPSA) is 97.6 Å². The minimum Gasteiger partial charge on any atom is -0.479 e. The molecule has 0 radical (unpaired) electrons. The molecule has 138 valence electrons. The van der Waals surface area contributed by atoms with Crippen LogP contribution in [0, 0.1) is 5.92 Å². The Bertz CT molecular complexity index is 841. The highest BCUT2D eigenvalue weighted by Gasteiger charge is 2.37. The molecule has 2 saturated heterocycles. The number of hydrogen-bond donors (Lipinski definition) is 1. The predicted molar refractivity (Wildman–Crippen MR) is 92.7 cm³/mol. The number of hydrogen-bond acceptors (Lipinski definition) is 5. The molecule has 2 aromatic rings. The minimum atomic E-state index is -0.878. The zero-order chi connectivity index (χ0) is 18.3. The first-order chi connectivity index (χ1) is 12.5. The highest BCUT2D eigenvalue weighted by molar-refractivity contribution is 6.04. The summed E-state index contributed by atoms with van der Waals surface area (Å²) in [6.45, 7) is 1.30. The number of rotatable bonds is 3. The van der Waals surface area contributed by atoms with E-state index in [1.54, 1.807) is 18.7 Å². The Morgan fingerprint density at radius 1 is 1.19 bits per heavy atom. The average Bonchev–Trinajstić information content (AvgIpc) is 3.29. The number of aromatic nitrogens is 3. The van der Waals surface area contributed by atoms with E-state index in [-0.39, 0.29) is 12.0 Å². The lowest BCUT2D eigenvalue weighted by molar-refractivity contribution is -0.150. The van der Waals surface area contributed by atoms with Crippen molar-refractivity contribution in [1.29, 1.82) is 0 Å². The molecule has 4 rings (SSSR count). The third kappa shape index (κ3) is 2.94.